The average Bonchev–Trinajstić information content (AvgIpc) is 2.65. The third-order valence-electron chi connectivity index (χ3n) is 2.64. The molecule has 0 amide bonds. The average molecular weight is 269 g/mol. The van der Waals surface area contributed by atoms with E-state index in [9.17, 15) is 18.1 Å². The van der Waals surface area contributed by atoms with Gasteiger partial charge in [-0.25, -0.2) is 0 Å². The maximum atomic E-state index is 12.4. The van der Waals surface area contributed by atoms with Crippen LogP contribution in [0.2, 0.25) is 0 Å². The SMILES string of the molecule is Cc1c(N=O)c(-c2ccccc2)nn1CC(F)(F)F. The van der Waals surface area contributed by atoms with Gasteiger partial charge in [0.2, 0.25) is 0 Å². The van der Waals surface area contributed by atoms with Gasteiger partial charge in [0.15, 0.2) is 5.69 Å². The molecule has 7 heteroatoms. The van der Waals surface area contributed by atoms with E-state index in [0.717, 1.165) is 4.68 Å². The number of benzene rings is 1. The Bertz CT molecular complexity index is 590. The lowest BCUT2D eigenvalue weighted by Crippen LogP contribution is -2.19. The molecule has 2 aromatic rings. The Morgan fingerprint density at radius 2 is 1.89 bits per heavy atom. The van der Waals surface area contributed by atoms with Crippen LogP contribution in [0.4, 0.5) is 18.9 Å². The minimum absolute atomic E-state index is 0.0598. The predicted molar refractivity (Wildman–Crippen MR) is 63.9 cm³/mol. The van der Waals surface area contributed by atoms with E-state index in [0.29, 0.717) is 5.56 Å². The summed E-state index contributed by atoms with van der Waals surface area (Å²) in [5.74, 6) is 0. The van der Waals surface area contributed by atoms with Crippen molar-refractivity contribution in [1.29, 1.82) is 0 Å². The van der Waals surface area contributed by atoms with E-state index in [2.05, 4.69) is 10.3 Å². The monoisotopic (exact) mass is 269 g/mol. The minimum atomic E-state index is -4.40. The molecular formula is C12H10F3N3O. The molecule has 0 bridgehead atoms. The van der Waals surface area contributed by atoms with Crippen LogP contribution in [0.5, 0.6) is 0 Å². The largest absolute Gasteiger partial charge is 0.408 e. The highest BCUT2D eigenvalue weighted by molar-refractivity contribution is 5.73. The summed E-state index contributed by atoms with van der Waals surface area (Å²) in [5.41, 5.74) is 0.764. The van der Waals surface area contributed by atoms with E-state index < -0.39 is 12.7 Å². The van der Waals surface area contributed by atoms with E-state index in [1.807, 2.05) is 0 Å². The fourth-order valence-electron chi connectivity index (χ4n) is 1.76. The van der Waals surface area contributed by atoms with E-state index in [1.165, 1.54) is 6.92 Å². The second-order valence-corrected chi connectivity index (χ2v) is 4.01. The zero-order valence-electron chi connectivity index (χ0n) is 9.98. The lowest BCUT2D eigenvalue weighted by molar-refractivity contribution is -0.142. The first-order valence-corrected chi connectivity index (χ1v) is 5.45. The highest BCUT2D eigenvalue weighted by Gasteiger charge is 2.31. The molecule has 1 aromatic carbocycles. The Kier molecular flexibility index (Phi) is 3.37. The fourth-order valence-corrected chi connectivity index (χ4v) is 1.76. The second kappa shape index (κ2) is 4.83. The molecule has 0 atom stereocenters. The van der Waals surface area contributed by atoms with Gasteiger partial charge in [-0.15, -0.1) is 4.91 Å². The van der Waals surface area contributed by atoms with Gasteiger partial charge < -0.3 is 0 Å². The van der Waals surface area contributed by atoms with Crippen LogP contribution in [0.15, 0.2) is 35.5 Å². The molecule has 0 aliphatic rings. The molecular weight excluding hydrogens is 259 g/mol. The molecule has 100 valence electrons. The maximum Gasteiger partial charge on any atom is 0.408 e. The van der Waals surface area contributed by atoms with Crippen molar-refractivity contribution in [3.8, 4) is 11.3 Å². The number of hydrogen-bond donors (Lipinski definition) is 0. The van der Waals surface area contributed by atoms with Crippen molar-refractivity contribution >= 4 is 5.69 Å². The summed E-state index contributed by atoms with van der Waals surface area (Å²) in [7, 11) is 0. The van der Waals surface area contributed by atoms with E-state index in [4.69, 9.17) is 0 Å². The Labute approximate surface area is 106 Å². The Balaban J connectivity index is 2.51. The molecule has 1 heterocycles. The third kappa shape index (κ3) is 2.81. The lowest BCUT2D eigenvalue weighted by atomic mass is 10.1. The quantitative estimate of drug-likeness (QED) is 0.795. The molecule has 1 aromatic heterocycles. The number of nitroso groups, excluding NO2 is 1. The van der Waals surface area contributed by atoms with Gasteiger partial charge in [0.25, 0.3) is 0 Å². The summed E-state index contributed by atoms with van der Waals surface area (Å²) < 4.78 is 37.9. The highest BCUT2D eigenvalue weighted by Crippen LogP contribution is 2.33. The van der Waals surface area contributed by atoms with Crippen molar-refractivity contribution in [3.63, 3.8) is 0 Å². The standard InChI is InChI=1S/C12H10F3N3O/c1-8-10(17-19)11(9-5-3-2-4-6-9)16-18(8)7-12(13,14)15/h2-6H,7H2,1H3. The zero-order valence-corrected chi connectivity index (χ0v) is 9.98. The van der Waals surface area contributed by atoms with Crippen molar-refractivity contribution in [1.82, 2.24) is 9.78 Å². The van der Waals surface area contributed by atoms with Gasteiger partial charge in [0.1, 0.15) is 12.2 Å². The number of rotatable bonds is 3. The third-order valence-corrected chi connectivity index (χ3v) is 2.64. The first-order valence-electron chi connectivity index (χ1n) is 5.45. The van der Waals surface area contributed by atoms with E-state index >= 15 is 0 Å². The smallest absolute Gasteiger partial charge is 0.258 e. The Hall–Kier alpha value is -2.18. The molecule has 0 aliphatic heterocycles. The van der Waals surface area contributed by atoms with E-state index in [-0.39, 0.29) is 17.1 Å². The van der Waals surface area contributed by atoms with Crippen LogP contribution in [0.1, 0.15) is 5.69 Å². The summed E-state index contributed by atoms with van der Waals surface area (Å²) in [6.07, 6.45) is -4.40. The number of nitrogens with zero attached hydrogens (tertiary/aromatic N) is 3. The molecule has 0 radical (unpaired) electrons. The number of halogens is 3. The second-order valence-electron chi connectivity index (χ2n) is 4.01. The van der Waals surface area contributed by atoms with Crippen molar-refractivity contribution in [3.05, 3.63) is 40.9 Å². The normalized spacial score (nSPS) is 11.6. The number of aromatic nitrogens is 2. The van der Waals surface area contributed by atoms with Crippen molar-refractivity contribution < 1.29 is 13.2 Å². The van der Waals surface area contributed by atoms with Crippen LogP contribution in [0.25, 0.3) is 11.3 Å². The summed E-state index contributed by atoms with van der Waals surface area (Å²) >= 11 is 0. The minimum Gasteiger partial charge on any atom is -0.258 e. The van der Waals surface area contributed by atoms with Gasteiger partial charge >= 0.3 is 6.18 Å². The van der Waals surface area contributed by atoms with Crippen molar-refractivity contribution in [2.24, 2.45) is 5.18 Å². The lowest BCUT2D eigenvalue weighted by Gasteiger charge is -2.07. The molecule has 0 spiro atoms. The highest BCUT2D eigenvalue weighted by atomic mass is 19.4. The molecule has 4 nitrogen and oxygen atoms in total. The molecule has 0 saturated heterocycles. The van der Waals surface area contributed by atoms with Gasteiger partial charge in [-0.1, -0.05) is 30.3 Å². The van der Waals surface area contributed by atoms with Gasteiger partial charge in [0, 0.05) is 5.56 Å². The maximum absolute atomic E-state index is 12.4. The Morgan fingerprint density at radius 3 is 2.42 bits per heavy atom. The van der Waals surface area contributed by atoms with Gasteiger partial charge in [-0.2, -0.15) is 18.3 Å². The fraction of sp³-hybridized carbons (Fsp3) is 0.250. The van der Waals surface area contributed by atoms with Crippen molar-refractivity contribution in [2.45, 2.75) is 19.6 Å². The van der Waals surface area contributed by atoms with Gasteiger partial charge in [0.05, 0.1) is 5.69 Å². The first kappa shape index (κ1) is 13.3. The summed E-state index contributed by atoms with van der Waals surface area (Å²) in [4.78, 5) is 10.8. The van der Waals surface area contributed by atoms with Crippen LogP contribution in [-0.2, 0) is 6.54 Å². The topological polar surface area (TPSA) is 47.2 Å². The summed E-state index contributed by atoms with van der Waals surface area (Å²) in [5, 5.41) is 6.64. The van der Waals surface area contributed by atoms with Crippen LogP contribution < -0.4 is 0 Å². The molecule has 0 unspecified atom stereocenters. The molecule has 0 aliphatic carbocycles. The first-order chi connectivity index (χ1) is 8.92. The molecule has 0 N–H and O–H groups in total. The summed E-state index contributed by atoms with van der Waals surface area (Å²) in [6.45, 7) is 0.149. The van der Waals surface area contributed by atoms with Crippen LogP contribution in [-0.4, -0.2) is 16.0 Å². The van der Waals surface area contributed by atoms with Gasteiger partial charge in [-0.05, 0) is 12.1 Å². The zero-order chi connectivity index (χ0) is 14.0. The van der Waals surface area contributed by atoms with Gasteiger partial charge in [-0.3, -0.25) is 4.68 Å². The number of hydrogen-bond acceptors (Lipinski definition) is 3. The Morgan fingerprint density at radius 1 is 1.26 bits per heavy atom. The molecule has 0 saturated carbocycles. The van der Waals surface area contributed by atoms with Crippen LogP contribution >= 0.6 is 0 Å². The molecule has 0 fully saturated rings. The van der Waals surface area contributed by atoms with Crippen LogP contribution in [0.3, 0.4) is 0 Å². The molecule has 2 rings (SSSR count). The number of alkyl halides is 3. The van der Waals surface area contributed by atoms with Crippen LogP contribution in [0, 0.1) is 11.8 Å². The van der Waals surface area contributed by atoms with E-state index in [1.54, 1.807) is 30.3 Å². The van der Waals surface area contributed by atoms with Crippen molar-refractivity contribution in [2.75, 3.05) is 0 Å². The molecule has 19 heavy (non-hydrogen) atoms. The summed E-state index contributed by atoms with van der Waals surface area (Å²) in [6, 6.07) is 8.50. The predicted octanol–water partition coefficient (Wildman–Crippen LogP) is 3.82.